The summed E-state index contributed by atoms with van der Waals surface area (Å²) in [5.41, 5.74) is 4.15. The maximum absolute atomic E-state index is 13.2. The lowest BCUT2D eigenvalue weighted by atomic mass is 10.1. The van der Waals surface area contributed by atoms with Gasteiger partial charge in [0, 0.05) is 16.9 Å². The number of rotatable bonds is 4. The normalized spacial score (nSPS) is 15.2. The number of aromatic nitrogens is 2. The van der Waals surface area contributed by atoms with Gasteiger partial charge in [-0.25, -0.2) is 9.07 Å². The summed E-state index contributed by atoms with van der Waals surface area (Å²) in [7, 11) is 0. The van der Waals surface area contributed by atoms with Gasteiger partial charge in [-0.2, -0.15) is 5.10 Å². The number of carbonyl (C=O) groups is 2. The number of nitrogens with zero attached hydrogens (tertiary/aromatic N) is 2. The second-order valence-electron chi connectivity index (χ2n) is 7.22. The molecule has 1 atom stereocenters. The average Bonchev–Trinajstić information content (AvgIpc) is 2.98. The van der Waals surface area contributed by atoms with E-state index in [1.165, 1.54) is 12.1 Å². The standard InChI is InChI=1S/C22H21FN4O3/c1-12-18(13(2)27(26-12)17-7-4-15(23)5-8-17)11-21(28)24-16-6-9-20-19(10-16)25-22(29)14(3)30-20/h4-10,14H,11H2,1-3H3,(H,24,28)(H,25,29). The molecule has 1 aliphatic rings. The molecule has 2 N–H and O–H groups in total. The van der Waals surface area contributed by atoms with Crippen molar-refractivity contribution in [2.24, 2.45) is 0 Å². The lowest BCUT2D eigenvalue weighted by Gasteiger charge is -2.23. The quantitative estimate of drug-likeness (QED) is 0.692. The molecule has 154 valence electrons. The minimum atomic E-state index is -0.554. The molecule has 4 rings (SSSR count). The van der Waals surface area contributed by atoms with Gasteiger partial charge in [0.15, 0.2) is 6.10 Å². The van der Waals surface area contributed by atoms with E-state index in [1.807, 2.05) is 13.8 Å². The number of carbonyl (C=O) groups excluding carboxylic acids is 2. The average molecular weight is 408 g/mol. The molecule has 1 aromatic heterocycles. The summed E-state index contributed by atoms with van der Waals surface area (Å²) in [4.78, 5) is 24.4. The van der Waals surface area contributed by atoms with Crippen LogP contribution >= 0.6 is 0 Å². The van der Waals surface area contributed by atoms with E-state index < -0.39 is 6.10 Å². The molecule has 2 amide bonds. The highest BCUT2D eigenvalue weighted by Crippen LogP contribution is 2.32. The van der Waals surface area contributed by atoms with Gasteiger partial charge in [0.1, 0.15) is 11.6 Å². The molecule has 1 unspecified atom stereocenters. The molecule has 0 bridgehead atoms. The Hall–Kier alpha value is -3.68. The Labute approximate surface area is 172 Å². The van der Waals surface area contributed by atoms with Crippen molar-refractivity contribution in [2.45, 2.75) is 33.3 Å². The molecular weight excluding hydrogens is 387 g/mol. The summed E-state index contributed by atoms with van der Waals surface area (Å²) in [6.07, 6.45) is -0.419. The van der Waals surface area contributed by atoms with E-state index in [2.05, 4.69) is 15.7 Å². The third-order valence-corrected chi connectivity index (χ3v) is 5.04. The number of ether oxygens (including phenoxy) is 1. The van der Waals surface area contributed by atoms with E-state index in [0.29, 0.717) is 17.1 Å². The zero-order valence-electron chi connectivity index (χ0n) is 16.8. The van der Waals surface area contributed by atoms with Crippen LogP contribution < -0.4 is 15.4 Å². The minimum Gasteiger partial charge on any atom is -0.479 e. The first-order valence-electron chi connectivity index (χ1n) is 9.54. The summed E-state index contributed by atoms with van der Waals surface area (Å²) in [6.45, 7) is 5.38. The number of aryl methyl sites for hydroxylation is 1. The van der Waals surface area contributed by atoms with Crippen LogP contribution in [0.15, 0.2) is 42.5 Å². The van der Waals surface area contributed by atoms with E-state index in [1.54, 1.807) is 41.9 Å². The van der Waals surface area contributed by atoms with E-state index in [-0.39, 0.29) is 24.1 Å². The van der Waals surface area contributed by atoms with Gasteiger partial charge in [-0.05, 0) is 63.2 Å². The van der Waals surface area contributed by atoms with Crippen molar-refractivity contribution in [3.63, 3.8) is 0 Å². The largest absolute Gasteiger partial charge is 0.479 e. The van der Waals surface area contributed by atoms with Crippen molar-refractivity contribution in [2.75, 3.05) is 10.6 Å². The van der Waals surface area contributed by atoms with Gasteiger partial charge in [0.25, 0.3) is 5.91 Å². The number of hydrogen-bond acceptors (Lipinski definition) is 4. The number of hydrogen-bond donors (Lipinski definition) is 2. The number of anilines is 2. The second-order valence-corrected chi connectivity index (χ2v) is 7.22. The van der Waals surface area contributed by atoms with Gasteiger partial charge < -0.3 is 15.4 Å². The molecule has 3 aromatic rings. The van der Waals surface area contributed by atoms with Gasteiger partial charge in [-0.15, -0.1) is 0 Å². The second kappa shape index (κ2) is 7.62. The fraction of sp³-hybridized carbons (Fsp3) is 0.227. The smallest absolute Gasteiger partial charge is 0.265 e. The highest BCUT2D eigenvalue weighted by Gasteiger charge is 2.24. The summed E-state index contributed by atoms with van der Waals surface area (Å²) in [5.74, 6) is -0.199. The molecule has 8 heteroatoms. The lowest BCUT2D eigenvalue weighted by molar-refractivity contribution is -0.122. The van der Waals surface area contributed by atoms with Crippen molar-refractivity contribution < 1.29 is 18.7 Å². The monoisotopic (exact) mass is 408 g/mol. The molecule has 7 nitrogen and oxygen atoms in total. The summed E-state index contributed by atoms with van der Waals surface area (Å²) >= 11 is 0. The number of amides is 2. The van der Waals surface area contributed by atoms with Crippen LogP contribution in [0.4, 0.5) is 15.8 Å². The van der Waals surface area contributed by atoms with Gasteiger partial charge in [-0.1, -0.05) is 0 Å². The molecule has 0 fully saturated rings. The Morgan fingerprint density at radius 3 is 2.70 bits per heavy atom. The molecule has 0 spiro atoms. The Kier molecular flexibility index (Phi) is 4.99. The van der Waals surface area contributed by atoms with Crippen LogP contribution in [-0.4, -0.2) is 27.7 Å². The topological polar surface area (TPSA) is 85.3 Å². The molecule has 0 saturated carbocycles. The molecule has 0 aliphatic carbocycles. The maximum Gasteiger partial charge on any atom is 0.265 e. The number of halogens is 1. The van der Waals surface area contributed by atoms with Gasteiger partial charge in [0.05, 0.1) is 23.5 Å². The predicted octanol–water partition coefficient (Wildman–Crippen LogP) is 3.53. The van der Waals surface area contributed by atoms with Crippen LogP contribution in [0.5, 0.6) is 5.75 Å². The molecule has 0 radical (unpaired) electrons. The van der Waals surface area contributed by atoms with Gasteiger partial charge in [-0.3, -0.25) is 9.59 Å². The maximum atomic E-state index is 13.2. The molecule has 2 heterocycles. The van der Waals surface area contributed by atoms with Crippen LogP contribution in [0.25, 0.3) is 5.69 Å². The summed E-state index contributed by atoms with van der Waals surface area (Å²) in [6, 6.07) is 11.1. The van der Waals surface area contributed by atoms with Crippen molar-refractivity contribution in [3.8, 4) is 11.4 Å². The zero-order valence-corrected chi connectivity index (χ0v) is 16.8. The van der Waals surface area contributed by atoms with E-state index in [9.17, 15) is 14.0 Å². The van der Waals surface area contributed by atoms with Crippen molar-refractivity contribution >= 4 is 23.2 Å². The number of benzene rings is 2. The first-order valence-corrected chi connectivity index (χ1v) is 9.54. The Bertz CT molecular complexity index is 1140. The molecule has 2 aromatic carbocycles. The predicted molar refractivity (Wildman–Crippen MR) is 110 cm³/mol. The minimum absolute atomic E-state index is 0.135. The highest BCUT2D eigenvalue weighted by atomic mass is 19.1. The van der Waals surface area contributed by atoms with Gasteiger partial charge >= 0.3 is 0 Å². The van der Waals surface area contributed by atoms with Crippen molar-refractivity contribution in [3.05, 3.63) is 65.2 Å². The lowest BCUT2D eigenvalue weighted by Crippen LogP contribution is -2.34. The Balaban J connectivity index is 1.50. The number of fused-ring (bicyclic) bond motifs is 1. The highest BCUT2D eigenvalue weighted by molar-refractivity contribution is 5.99. The van der Waals surface area contributed by atoms with Crippen LogP contribution in [0.1, 0.15) is 23.9 Å². The van der Waals surface area contributed by atoms with Crippen molar-refractivity contribution in [1.29, 1.82) is 0 Å². The summed E-state index contributed by atoms with van der Waals surface area (Å²) < 4.78 is 20.4. The van der Waals surface area contributed by atoms with Gasteiger partial charge in [0.2, 0.25) is 5.91 Å². The third-order valence-electron chi connectivity index (χ3n) is 5.04. The van der Waals surface area contributed by atoms with Crippen LogP contribution in [0, 0.1) is 19.7 Å². The zero-order chi connectivity index (χ0) is 21.4. The van der Waals surface area contributed by atoms with Crippen LogP contribution in [0.3, 0.4) is 0 Å². The van der Waals surface area contributed by atoms with E-state index in [4.69, 9.17) is 4.74 Å². The molecule has 0 saturated heterocycles. The first-order chi connectivity index (χ1) is 14.3. The van der Waals surface area contributed by atoms with Crippen LogP contribution in [0.2, 0.25) is 0 Å². The summed E-state index contributed by atoms with van der Waals surface area (Å²) in [5, 5.41) is 10.1. The molecule has 30 heavy (non-hydrogen) atoms. The fourth-order valence-corrected chi connectivity index (χ4v) is 3.42. The third kappa shape index (κ3) is 3.76. The number of nitrogens with one attached hydrogen (secondary N) is 2. The van der Waals surface area contributed by atoms with Crippen LogP contribution in [-0.2, 0) is 16.0 Å². The van der Waals surface area contributed by atoms with E-state index >= 15 is 0 Å². The first kappa shape index (κ1) is 19.6. The Morgan fingerprint density at radius 1 is 1.23 bits per heavy atom. The SMILES string of the molecule is Cc1nn(-c2ccc(F)cc2)c(C)c1CC(=O)Nc1ccc2c(c1)NC(=O)C(C)O2. The van der Waals surface area contributed by atoms with E-state index in [0.717, 1.165) is 22.6 Å². The van der Waals surface area contributed by atoms with Crippen molar-refractivity contribution in [1.82, 2.24) is 9.78 Å². The Morgan fingerprint density at radius 2 is 1.97 bits per heavy atom. The molecule has 1 aliphatic heterocycles. The molecular formula is C22H21FN4O3. The fourth-order valence-electron chi connectivity index (χ4n) is 3.42.